The molecular formula is C31H28ClIN2O7S. The number of ether oxygens (including phenoxy) is 3. The van der Waals surface area contributed by atoms with Crippen LogP contribution in [0.5, 0.6) is 11.5 Å². The van der Waals surface area contributed by atoms with Gasteiger partial charge >= 0.3 is 5.97 Å². The summed E-state index contributed by atoms with van der Waals surface area (Å²) in [4.78, 5) is 51.9. The quantitative estimate of drug-likeness (QED) is 0.0904. The van der Waals surface area contributed by atoms with Crippen LogP contribution in [0.3, 0.4) is 0 Å². The fourth-order valence-electron chi connectivity index (χ4n) is 3.97. The molecular weight excluding hydrogens is 707 g/mol. The molecule has 12 heteroatoms. The zero-order valence-corrected chi connectivity index (χ0v) is 27.1. The van der Waals surface area contributed by atoms with Crippen LogP contribution in [-0.2, 0) is 20.9 Å². The van der Waals surface area contributed by atoms with Crippen molar-refractivity contribution in [3.05, 3.63) is 90.9 Å². The van der Waals surface area contributed by atoms with Gasteiger partial charge in [-0.25, -0.2) is 4.79 Å². The molecule has 224 valence electrons. The zero-order chi connectivity index (χ0) is 30.9. The first kappa shape index (κ1) is 32.4. The Morgan fingerprint density at radius 2 is 1.86 bits per heavy atom. The van der Waals surface area contributed by atoms with Crippen molar-refractivity contribution in [3.8, 4) is 11.5 Å². The minimum Gasteiger partial charge on any atom is -0.493 e. The molecule has 0 aliphatic carbocycles. The van der Waals surface area contributed by atoms with E-state index < -0.39 is 29.6 Å². The molecule has 1 aliphatic rings. The maximum Gasteiger partial charge on any atom is 0.339 e. The first-order valence-electron chi connectivity index (χ1n) is 13.3. The number of benzene rings is 3. The highest BCUT2D eigenvalue weighted by Gasteiger charge is 2.36. The lowest BCUT2D eigenvalue weighted by Gasteiger charge is -2.14. The Bertz CT molecular complexity index is 1570. The molecule has 3 aromatic rings. The number of carbonyl (C=O) groups is 4. The number of halogens is 2. The summed E-state index contributed by atoms with van der Waals surface area (Å²) in [5, 5.41) is 2.21. The second-order valence-corrected chi connectivity index (χ2v) is 11.9. The van der Waals surface area contributed by atoms with Crippen LogP contribution in [0.25, 0.3) is 6.08 Å². The lowest BCUT2D eigenvalue weighted by Crippen LogP contribution is -2.36. The average molecular weight is 735 g/mol. The van der Waals surface area contributed by atoms with Gasteiger partial charge in [-0.3, -0.25) is 19.3 Å². The van der Waals surface area contributed by atoms with Gasteiger partial charge in [0.1, 0.15) is 13.2 Å². The highest BCUT2D eigenvalue weighted by atomic mass is 127. The third kappa shape index (κ3) is 8.52. The number of anilines is 1. The number of rotatable bonds is 12. The lowest BCUT2D eigenvalue weighted by atomic mass is 10.1. The number of amides is 3. The van der Waals surface area contributed by atoms with Crippen molar-refractivity contribution in [2.45, 2.75) is 26.4 Å². The van der Waals surface area contributed by atoms with Gasteiger partial charge in [0.05, 0.1) is 32.8 Å². The van der Waals surface area contributed by atoms with Crippen LogP contribution in [-0.4, -0.2) is 48.2 Å². The summed E-state index contributed by atoms with van der Waals surface area (Å²) in [6.07, 6.45) is 3.15. The van der Waals surface area contributed by atoms with Crippen LogP contribution in [0.2, 0.25) is 5.02 Å². The van der Waals surface area contributed by atoms with Gasteiger partial charge in [0.15, 0.2) is 11.5 Å². The highest BCUT2D eigenvalue weighted by Crippen LogP contribution is 2.37. The molecule has 0 bridgehead atoms. The van der Waals surface area contributed by atoms with E-state index in [4.69, 9.17) is 25.8 Å². The minimum absolute atomic E-state index is 0.103. The minimum atomic E-state index is -0.618. The van der Waals surface area contributed by atoms with Crippen LogP contribution in [0, 0.1) is 3.57 Å². The Hall–Kier alpha value is -3.55. The predicted molar refractivity (Wildman–Crippen MR) is 174 cm³/mol. The molecule has 1 fully saturated rings. The van der Waals surface area contributed by atoms with Gasteiger partial charge in [-0.1, -0.05) is 55.3 Å². The third-order valence-electron chi connectivity index (χ3n) is 6.15. The number of nitrogens with one attached hydrogen (secondary N) is 1. The van der Waals surface area contributed by atoms with E-state index in [1.807, 2.05) is 43.3 Å². The van der Waals surface area contributed by atoms with Crippen molar-refractivity contribution in [2.24, 2.45) is 0 Å². The number of thioether (sulfide) groups is 1. The molecule has 0 radical (unpaired) electrons. The van der Waals surface area contributed by atoms with Crippen molar-refractivity contribution >= 4 is 80.7 Å². The molecule has 1 heterocycles. The number of hydrogen-bond acceptors (Lipinski definition) is 8. The van der Waals surface area contributed by atoms with E-state index in [-0.39, 0.29) is 27.8 Å². The van der Waals surface area contributed by atoms with Crippen LogP contribution < -0.4 is 14.8 Å². The number of esters is 1. The summed E-state index contributed by atoms with van der Waals surface area (Å²) in [6, 6.07) is 17.6. The molecule has 3 amide bonds. The first-order valence-corrected chi connectivity index (χ1v) is 15.5. The maximum absolute atomic E-state index is 13.1. The SMILES string of the molecule is CCCCOC(=O)c1cc(NC(=O)CN2C(=O)S/C(=C/c3cc(I)c(OCc4ccccc4)c(OC)c3)C2=O)ccc1Cl. The van der Waals surface area contributed by atoms with E-state index in [9.17, 15) is 19.2 Å². The second kappa shape index (κ2) is 15.3. The molecule has 1 N–H and O–H groups in total. The summed E-state index contributed by atoms with van der Waals surface area (Å²) < 4.78 is 17.5. The first-order chi connectivity index (χ1) is 20.7. The molecule has 4 rings (SSSR count). The maximum atomic E-state index is 13.1. The normalized spacial score (nSPS) is 13.8. The van der Waals surface area contributed by atoms with Crippen molar-refractivity contribution in [2.75, 3.05) is 25.6 Å². The van der Waals surface area contributed by atoms with E-state index in [0.29, 0.717) is 30.1 Å². The Labute approximate surface area is 272 Å². The number of nitrogens with zero attached hydrogens (tertiary/aromatic N) is 1. The van der Waals surface area contributed by atoms with Gasteiger partial charge in [0.25, 0.3) is 11.1 Å². The average Bonchev–Trinajstić information content (AvgIpc) is 3.24. The summed E-state index contributed by atoms with van der Waals surface area (Å²) in [7, 11) is 1.52. The van der Waals surface area contributed by atoms with E-state index in [2.05, 4.69) is 27.9 Å². The Morgan fingerprint density at radius 1 is 1.09 bits per heavy atom. The van der Waals surface area contributed by atoms with Gasteiger partial charge in [-0.05, 0) is 88.3 Å². The van der Waals surface area contributed by atoms with E-state index in [0.717, 1.165) is 32.2 Å². The van der Waals surface area contributed by atoms with Crippen molar-refractivity contribution in [1.29, 1.82) is 0 Å². The second-order valence-electron chi connectivity index (χ2n) is 9.31. The number of hydrogen-bond donors (Lipinski definition) is 1. The zero-order valence-electron chi connectivity index (χ0n) is 23.4. The van der Waals surface area contributed by atoms with Crippen molar-refractivity contribution in [3.63, 3.8) is 0 Å². The molecule has 43 heavy (non-hydrogen) atoms. The molecule has 0 atom stereocenters. The van der Waals surface area contributed by atoms with Crippen LogP contribution >= 0.6 is 46.0 Å². The van der Waals surface area contributed by atoms with Crippen LogP contribution in [0.1, 0.15) is 41.3 Å². The topological polar surface area (TPSA) is 111 Å². The van der Waals surface area contributed by atoms with Gasteiger partial charge in [0, 0.05) is 5.69 Å². The molecule has 0 saturated carbocycles. The molecule has 1 aliphatic heterocycles. The Morgan fingerprint density at radius 3 is 2.58 bits per heavy atom. The van der Waals surface area contributed by atoms with Gasteiger partial charge < -0.3 is 19.5 Å². The third-order valence-corrected chi connectivity index (χ3v) is 8.19. The molecule has 0 aromatic heterocycles. The fourth-order valence-corrected chi connectivity index (χ4v) is 5.79. The predicted octanol–water partition coefficient (Wildman–Crippen LogP) is 7.16. The number of carbonyl (C=O) groups excluding carboxylic acids is 4. The fraction of sp³-hybridized carbons (Fsp3) is 0.226. The summed E-state index contributed by atoms with van der Waals surface area (Å²) in [5.41, 5.74) is 2.01. The smallest absolute Gasteiger partial charge is 0.339 e. The largest absolute Gasteiger partial charge is 0.493 e. The molecule has 0 unspecified atom stereocenters. The summed E-state index contributed by atoms with van der Waals surface area (Å²) >= 11 is 9.01. The molecule has 9 nitrogen and oxygen atoms in total. The van der Waals surface area contributed by atoms with Crippen LogP contribution in [0.15, 0.2) is 65.6 Å². The van der Waals surface area contributed by atoms with E-state index in [1.165, 1.54) is 25.3 Å². The monoisotopic (exact) mass is 734 g/mol. The van der Waals surface area contributed by atoms with E-state index >= 15 is 0 Å². The molecule has 3 aromatic carbocycles. The summed E-state index contributed by atoms with van der Waals surface area (Å²) in [5.74, 6) is -0.780. The summed E-state index contributed by atoms with van der Waals surface area (Å²) in [6.45, 7) is 2.08. The number of methoxy groups -OCH3 is 1. The van der Waals surface area contributed by atoms with Gasteiger partial charge in [-0.15, -0.1) is 0 Å². The van der Waals surface area contributed by atoms with Gasteiger partial charge in [-0.2, -0.15) is 0 Å². The lowest BCUT2D eigenvalue weighted by molar-refractivity contribution is -0.127. The number of imide groups is 1. The molecule has 1 saturated heterocycles. The Balaban J connectivity index is 1.42. The van der Waals surface area contributed by atoms with Gasteiger partial charge in [0.2, 0.25) is 5.91 Å². The van der Waals surface area contributed by atoms with Crippen molar-refractivity contribution in [1.82, 2.24) is 4.90 Å². The Kier molecular flexibility index (Phi) is 11.5. The number of unbranched alkanes of at least 4 members (excludes halogenated alkanes) is 1. The highest BCUT2D eigenvalue weighted by molar-refractivity contribution is 14.1. The van der Waals surface area contributed by atoms with Crippen molar-refractivity contribution < 1.29 is 33.4 Å². The van der Waals surface area contributed by atoms with Crippen LogP contribution in [0.4, 0.5) is 10.5 Å². The van der Waals surface area contributed by atoms with E-state index in [1.54, 1.807) is 12.1 Å². The standard InChI is InChI=1S/C31H28ClIN2O7S/c1-3-4-12-41-30(38)22-16-21(10-11-23(22)32)34-27(36)17-35-29(37)26(43-31(35)39)15-20-13-24(33)28(25(14-20)40-2)42-18-19-8-6-5-7-9-19/h5-11,13-16H,3-4,12,17-18H2,1-2H3,(H,34,36)/b26-15+. The molecule has 0 spiro atoms.